The van der Waals surface area contributed by atoms with Crippen LogP contribution in [0.4, 0.5) is 18.9 Å². The highest BCUT2D eigenvalue weighted by molar-refractivity contribution is 7.99. The van der Waals surface area contributed by atoms with Gasteiger partial charge in [-0.2, -0.15) is 13.2 Å². The van der Waals surface area contributed by atoms with Crippen LogP contribution in [-0.4, -0.2) is 14.5 Å². The smallest absolute Gasteiger partial charge is 0.336 e. The highest BCUT2D eigenvalue weighted by Crippen LogP contribution is 2.44. The average molecular weight is 462 g/mol. The predicted octanol–water partition coefficient (Wildman–Crippen LogP) is 6.65. The molecule has 0 aliphatic rings. The Hall–Kier alpha value is -2.23. The van der Waals surface area contributed by atoms with Crippen LogP contribution in [-0.2, 0) is 12.7 Å². The van der Waals surface area contributed by atoms with E-state index in [1.54, 1.807) is 41.5 Å². The van der Waals surface area contributed by atoms with Gasteiger partial charge in [0.1, 0.15) is 5.56 Å². The van der Waals surface area contributed by atoms with E-state index < -0.39 is 27.6 Å². The summed E-state index contributed by atoms with van der Waals surface area (Å²) in [5, 5.41) is 11.4. The van der Waals surface area contributed by atoms with Crippen molar-refractivity contribution in [2.75, 3.05) is 0 Å². The molecule has 0 N–H and O–H groups in total. The van der Waals surface area contributed by atoms with Crippen molar-refractivity contribution < 1.29 is 18.1 Å². The van der Waals surface area contributed by atoms with Crippen LogP contribution < -0.4 is 0 Å². The SMILES string of the molecule is O=[N+]([O-])c1ccc(SC(Cn2ccnc2)c2ccc(Cl)cc2Cl)cc1C(F)(F)F. The summed E-state index contributed by atoms with van der Waals surface area (Å²) in [6.07, 6.45) is 0.0261. The third-order valence-corrected chi connectivity index (χ3v) is 5.77. The van der Waals surface area contributed by atoms with Crippen LogP contribution >= 0.6 is 35.0 Å². The van der Waals surface area contributed by atoms with E-state index in [0.29, 0.717) is 22.2 Å². The van der Waals surface area contributed by atoms with Gasteiger partial charge in [0.15, 0.2) is 0 Å². The molecule has 2 aromatic carbocycles. The monoisotopic (exact) mass is 461 g/mol. The van der Waals surface area contributed by atoms with Crippen molar-refractivity contribution in [1.82, 2.24) is 9.55 Å². The topological polar surface area (TPSA) is 61.0 Å². The summed E-state index contributed by atoms with van der Waals surface area (Å²) in [6.45, 7) is 0.365. The summed E-state index contributed by atoms with van der Waals surface area (Å²) < 4.78 is 41.7. The van der Waals surface area contributed by atoms with Crippen LogP contribution in [0.2, 0.25) is 10.0 Å². The minimum absolute atomic E-state index is 0.221. The van der Waals surface area contributed by atoms with Crippen molar-refractivity contribution in [1.29, 1.82) is 0 Å². The molecule has 0 saturated carbocycles. The molecule has 0 spiro atoms. The third-order valence-electron chi connectivity index (χ3n) is 3.99. The Labute approximate surface area is 177 Å². The summed E-state index contributed by atoms with van der Waals surface area (Å²) in [5.74, 6) is 0. The van der Waals surface area contributed by atoms with Crippen molar-refractivity contribution in [3.05, 3.63) is 86.4 Å². The lowest BCUT2D eigenvalue weighted by atomic mass is 10.1. The molecule has 0 amide bonds. The molecule has 0 aliphatic heterocycles. The van der Waals surface area contributed by atoms with Crippen LogP contribution in [0, 0.1) is 10.1 Å². The zero-order chi connectivity index (χ0) is 21.2. The van der Waals surface area contributed by atoms with Crippen LogP contribution in [0.3, 0.4) is 0 Å². The lowest BCUT2D eigenvalue weighted by Gasteiger charge is -2.20. The molecule has 3 rings (SSSR count). The molecule has 0 bridgehead atoms. The summed E-state index contributed by atoms with van der Waals surface area (Å²) in [6, 6.07) is 7.84. The van der Waals surface area contributed by atoms with Crippen molar-refractivity contribution in [3.63, 3.8) is 0 Å². The third kappa shape index (κ3) is 5.23. The first-order valence-electron chi connectivity index (χ1n) is 8.08. The van der Waals surface area contributed by atoms with Crippen molar-refractivity contribution >= 4 is 40.7 Å². The molecule has 1 atom stereocenters. The molecular weight excluding hydrogens is 450 g/mol. The lowest BCUT2D eigenvalue weighted by Crippen LogP contribution is -2.10. The molecule has 1 heterocycles. The van der Waals surface area contributed by atoms with Crippen molar-refractivity contribution in [2.45, 2.75) is 22.9 Å². The van der Waals surface area contributed by atoms with Crippen LogP contribution in [0.1, 0.15) is 16.4 Å². The number of rotatable bonds is 6. The van der Waals surface area contributed by atoms with Gasteiger partial charge in [0, 0.05) is 39.9 Å². The fourth-order valence-electron chi connectivity index (χ4n) is 2.69. The largest absolute Gasteiger partial charge is 0.423 e. The number of hydrogen-bond donors (Lipinski definition) is 0. The molecule has 0 fully saturated rings. The summed E-state index contributed by atoms with van der Waals surface area (Å²) in [7, 11) is 0. The fourth-order valence-corrected chi connectivity index (χ4v) is 4.53. The Morgan fingerprint density at radius 2 is 1.97 bits per heavy atom. The molecule has 11 heteroatoms. The normalized spacial score (nSPS) is 12.7. The van der Waals surface area contributed by atoms with Gasteiger partial charge in [-0.25, -0.2) is 4.98 Å². The van der Waals surface area contributed by atoms with Crippen molar-refractivity contribution in [2.24, 2.45) is 0 Å². The molecule has 1 aromatic heterocycles. The van der Waals surface area contributed by atoms with Gasteiger partial charge in [-0.3, -0.25) is 10.1 Å². The fraction of sp³-hybridized carbons (Fsp3) is 0.167. The minimum Gasteiger partial charge on any atom is -0.336 e. The maximum absolute atomic E-state index is 13.3. The molecule has 1 unspecified atom stereocenters. The molecule has 0 saturated heterocycles. The lowest BCUT2D eigenvalue weighted by molar-refractivity contribution is -0.388. The van der Waals surface area contributed by atoms with Gasteiger partial charge in [0.05, 0.1) is 16.5 Å². The standard InChI is InChI=1S/C18H12Cl2F3N3O2S/c19-11-1-3-13(15(20)7-11)17(9-25-6-5-24-10-25)29-12-2-4-16(26(27)28)14(8-12)18(21,22)23/h1-8,10,17H,9H2. The van der Waals surface area contributed by atoms with Gasteiger partial charge in [-0.15, -0.1) is 11.8 Å². The Morgan fingerprint density at radius 1 is 1.21 bits per heavy atom. The first-order chi connectivity index (χ1) is 13.6. The Bertz CT molecular complexity index is 1030. The maximum Gasteiger partial charge on any atom is 0.423 e. The summed E-state index contributed by atoms with van der Waals surface area (Å²) in [4.78, 5) is 14.1. The van der Waals surface area contributed by atoms with Gasteiger partial charge in [-0.05, 0) is 29.8 Å². The van der Waals surface area contributed by atoms with E-state index in [1.807, 2.05) is 0 Å². The Balaban J connectivity index is 2.00. The summed E-state index contributed by atoms with van der Waals surface area (Å²) >= 11 is 13.4. The minimum atomic E-state index is -4.85. The van der Waals surface area contributed by atoms with Gasteiger partial charge >= 0.3 is 6.18 Å². The van der Waals surface area contributed by atoms with E-state index in [1.165, 1.54) is 6.07 Å². The molecule has 0 aliphatic carbocycles. The summed E-state index contributed by atoms with van der Waals surface area (Å²) in [5.41, 5.74) is -1.62. The highest BCUT2D eigenvalue weighted by atomic mass is 35.5. The number of alkyl halides is 3. The Kier molecular flexibility index (Phi) is 6.40. The number of nitro benzene ring substituents is 1. The van der Waals surface area contributed by atoms with Crippen LogP contribution in [0.25, 0.3) is 0 Å². The van der Waals surface area contributed by atoms with Crippen LogP contribution in [0.15, 0.2) is 60.0 Å². The quantitative estimate of drug-likeness (QED) is 0.234. The second-order valence-electron chi connectivity index (χ2n) is 5.97. The van der Waals surface area contributed by atoms with Gasteiger partial charge in [-0.1, -0.05) is 29.3 Å². The number of imidazole rings is 1. The number of nitro groups is 1. The number of nitrogens with zero attached hydrogens (tertiary/aromatic N) is 3. The van der Waals surface area contributed by atoms with E-state index in [0.717, 1.165) is 23.9 Å². The van der Waals surface area contributed by atoms with Crippen LogP contribution in [0.5, 0.6) is 0 Å². The first kappa shape index (κ1) is 21.5. The molecular formula is C18H12Cl2F3N3O2S. The molecule has 5 nitrogen and oxygen atoms in total. The first-order valence-corrected chi connectivity index (χ1v) is 9.71. The second-order valence-corrected chi connectivity index (χ2v) is 8.09. The van der Waals surface area contributed by atoms with E-state index in [-0.39, 0.29) is 4.90 Å². The maximum atomic E-state index is 13.3. The van der Waals surface area contributed by atoms with E-state index in [2.05, 4.69) is 4.98 Å². The van der Waals surface area contributed by atoms with Gasteiger partial charge < -0.3 is 4.57 Å². The molecule has 152 valence electrons. The highest BCUT2D eigenvalue weighted by Gasteiger charge is 2.38. The molecule has 3 aromatic rings. The average Bonchev–Trinajstić information content (AvgIpc) is 3.13. The number of hydrogen-bond acceptors (Lipinski definition) is 4. The number of thioether (sulfide) groups is 1. The number of halogens is 5. The number of benzene rings is 2. The zero-order valence-electron chi connectivity index (χ0n) is 14.4. The number of aromatic nitrogens is 2. The van der Waals surface area contributed by atoms with Crippen molar-refractivity contribution in [3.8, 4) is 0 Å². The van der Waals surface area contributed by atoms with Gasteiger partial charge in [0.25, 0.3) is 5.69 Å². The predicted molar refractivity (Wildman–Crippen MR) is 105 cm³/mol. The Morgan fingerprint density at radius 3 is 2.55 bits per heavy atom. The van der Waals surface area contributed by atoms with E-state index in [9.17, 15) is 23.3 Å². The van der Waals surface area contributed by atoms with Gasteiger partial charge in [0.2, 0.25) is 0 Å². The molecule has 0 radical (unpaired) electrons. The van der Waals surface area contributed by atoms with E-state index >= 15 is 0 Å². The molecule has 29 heavy (non-hydrogen) atoms. The zero-order valence-corrected chi connectivity index (χ0v) is 16.8. The van der Waals surface area contributed by atoms with E-state index in [4.69, 9.17) is 23.2 Å². The second kappa shape index (κ2) is 8.64.